The molecule has 1 aromatic rings. The van der Waals surface area contributed by atoms with Gasteiger partial charge in [-0.3, -0.25) is 0 Å². The summed E-state index contributed by atoms with van der Waals surface area (Å²) < 4.78 is 1.81. The fraction of sp³-hybridized carbons (Fsp3) is 0.533. The molecule has 0 radical (unpaired) electrons. The van der Waals surface area contributed by atoms with Crippen LogP contribution < -0.4 is 5.84 Å². The molecular formula is C15H19N5O3. The van der Waals surface area contributed by atoms with Crippen molar-refractivity contribution in [3.05, 3.63) is 17.7 Å². The zero-order valence-electron chi connectivity index (χ0n) is 12.7. The van der Waals surface area contributed by atoms with Crippen LogP contribution in [-0.4, -0.2) is 55.2 Å². The van der Waals surface area contributed by atoms with Gasteiger partial charge in [0.05, 0.1) is 24.2 Å². The third-order valence-electron chi connectivity index (χ3n) is 4.48. The highest BCUT2D eigenvalue weighted by atomic mass is 16.3. The van der Waals surface area contributed by atoms with Crippen LogP contribution in [0.1, 0.15) is 30.8 Å². The van der Waals surface area contributed by atoms with Crippen LogP contribution in [0.4, 0.5) is 0 Å². The summed E-state index contributed by atoms with van der Waals surface area (Å²) in [7, 11) is 0. The van der Waals surface area contributed by atoms with Crippen LogP contribution in [0.15, 0.2) is 16.4 Å². The number of amidine groups is 1. The van der Waals surface area contributed by atoms with E-state index in [9.17, 15) is 15.3 Å². The van der Waals surface area contributed by atoms with E-state index in [4.69, 9.17) is 5.84 Å². The van der Waals surface area contributed by atoms with Crippen molar-refractivity contribution in [2.24, 2.45) is 21.9 Å². The number of hydrogen-bond acceptors (Lipinski definition) is 6. The second kappa shape index (κ2) is 6.12. The van der Waals surface area contributed by atoms with Crippen molar-refractivity contribution in [1.82, 2.24) is 9.55 Å². The van der Waals surface area contributed by atoms with Crippen molar-refractivity contribution in [1.29, 1.82) is 0 Å². The average molecular weight is 317 g/mol. The normalized spacial score (nSPS) is 32.4. The Morgan fingerprint density at radius 2 is 2.22 bits per heavy atom. The Labute approximate surface area is 133 Å². The fourth-order valence-electron chi connectivity index (χ4n) is 3.32. The van der Waals surface area contributed by atoms with Gasteiger partial charge in [0.25, 0.3) is 0 Å². The van der Waals surface area contributed by atoms with Crippen LogP contribution in [0.5, 0.6) is 0 Å². The molecule has 1 aromatic heterocycles. The van der Waals surface area contributed by atoms with Gasteiger partial charge in [-0.05, 0) is 13.3 Å². The minimum Gasteiger partial charge on any atom is -0.390 e. The topological polar surface area (TPSA) is 129 Å². The van der Waals surface area contributed by atoms with E-state index in [1.807, 2.05) is 4.57 Å². The number of aliphatic hydroxyl groups is 3. The maximum atomic E-state index is 10.4. The van der Waals surface area contributed by atoms with Gasteiger partial charge in [0.15, 0.2) is 5.84 Å². The Morgan fingerprint density at radius 3 is 2.91 bits per heavy atom. The lowest BCUT2D eigenvalue weighted by Crippen LogP contribution is -2.33. The van der Waals surface area contributed by atoms with Crippen molar-refractivity contribution >= 4 is 12.1 Å². The molecule has 5 N–H and O–H groups in total. The number of aliphatic imine (C=N–C) groups is 1. The van der Waals surface area contributed by atoms with E-state index in [0.717, 1.165) is 5.69 Å². The average Bonchev–Trinajstić information content (AvgIpc) is 3.10. The van der Waals surface area contributed by atoms with E-state index < -0.39 is 30.3 Å². The standard InChI is InChI=1S/C15H19N5O3/c1-2-3-11(21)8-6-10(14(23)13(8)22)20-7-18-12-9(20)4-5-17-15(12)19-16/h5,7-8,10-11,13-14,21-23H,4,6,16H2,1H3/b19-15+/t8-,10-,11-,13-,14+/m1/s1. The molecule has 0 bridgehead atoms. The van der Waals surface area contributed by atoms with Gasteiger partial charge >= 0.3 is 0 Å². The molecule has 5 atom stereocenters. The lowest BCUT2D eigenvalue weighted by Gasteiger charge is -2.21. The minimum absolute atomic E-state index is 0.339. The number of hydrazone groups is 1. The second-order valence-corrected chi connectivity index (χ2v) is 5.70. The Kier molecular flexibility index (Phi) is 4.17. The van der Waals surface area contributed by atoms with E-state index in [-0.39, 0.29) is 0 Å². The molecule has 3 rings (SSSR count). The molecule has 23 heavy (non-hydrogen) atoms. The van der Waals surface area contributed by atoms with E-state index in [1.54, 1.807) is 19.5 Å². The summed E-state index contributed by atoms with van der Waals surface area (Å²) in [5.74, 6) is 10.4. The smallest absolute Gasteiger partial charge is 0.198 e. The molecule has 0 spiro atoms. The zero-order valence-corrected chi connectivity index (χ0v) is 12.7. The molecule has 1 aliphatic carbocycles. The Morgan fingerprint density at radius 1 is 1.43 bits per heavy atom. The Bertz CT molecular complexity index is 714. The summed E-state index contributed by atoms with van der Waals surface area (Å²) in [5.41, 5.74) is 1.41. The first kappa shape index (κ1) is 15.7. The van der Waals surface area contributed by atoms with Gasteiger partial charge in [0.1, 0.15) is 17.9 Å². The van der Waals surface area contributed by atoms with Gasteiger partial charge in [-0.2, -0.15) is 5.10 Å². The molecule has 0 aromatic carbocycles. The highest BCUT2D eigenvalue weighted by molar-refractivity contribution is 6.05. The first-order valence-electron chi connectivity index (χ1n) is 7.41. The second-order valence-electron chi connectivity index (χ2n) is 5.70. The van der Waals surface area contributed by atoms with Crippen molar-refractivity contribution in [3.63, 3.8) is 0 Å². The summed E-state index contributed by atoms with van der Waals surface area (Å²) in [6.07, 6.45) is 1.17. The molecule has 122 valence electrons. The minimum atomic E-state index is -1.05. The number of hydrogen-bond donors (Lipinski definition) is 4. The summed E-state index contributed by atoms with van der Waals surface area (Å²) in [6.45, 7) is 1.62. The maximum absolute atomic E-state index is 10.4. The van der Waals surface area contributed by atoms with Crippen molar-refractivity contribution < 1.29 is 15.3 Å². The number of aromatic nitrogens is 2. The molecule has 1 saturated carbocycles. The van der Waals surface area contributed by atoms with Crippen LogP contribution in [0.3, 0.4) is 0 Å². The lowest BCUT2D eigenvalue weighted by molar-refractivity contribution is -0.0143. The third kappa shape index (κ3) is 2.53. The summed E-state index contributed by atoms with van der Waals surface area (Å²) in [5, 5.41) is 34.3. The summed E-state index contributed by atoms with van der Waals surface area (Å²) in [6, 6.07) is -0.398. The fourth-order valence-corrected chi connectivity index (χ4v) is 3.32. The maximum Gasteiger partial charge on any atom is 0.198 e. The van der Waals surface area contributed by atoms with Gasteiger partial charge in [0, 0.05) is 18.6 Å². The van der Waals surface area contributed by atoms with E-state index in [2.05, 4.69) is 26.9 Å². The SMILES string of the molecule is CC#C[C@@H](O)[C@H]1C[C@@H](n2cnc3c2CC=N/C3=N/N)[C@H](O)[C@@H]1O. The summed E-state index contributed by atoms with van der Waals surface area (Å²) >= 11 is 0. The number of nitrogens with two attached hydrogens (primary N) is 1. The molecular weight excluding hydrogens is 298 g/mol. The van der Waals surface area contributed by atoms with E-state index in [1.165, 1.54) is 0 Å². The number of fused-ring (bicyclic) bond motifs is 1. The van der Waals surface area contributed by atoms with Crippen LogP contribution in [0.2, 0.25) is 0 Å². The molecule has 2 aliphatic rings. The highest BCUT2D eigenvalue weighted by Gasteiger charge is 2.46. The van der Waals surface area contributed by atoms with Gasteiger partial charge in [-0.15, -0.1) is 5.92 Å². The number of aliphatic hydroxyl groups excluding tert-OH is 3. The highest BCUT2D eigenvalue weighted by Crippen LogP contribution is 2.38. The van der Waals surface area contributed by atoms with Gasteiger partial charge in [-0.1, -0.05) is 5.92 Å². The van der Waals surface area contributed by atoms with Crippen LogP contribution in [-0.2, 0) is 6.42 Å². The molecule has 1 aliphatic heterocycles. The molecule has 2 heterocycles. The monoisotopic (exact) mass is 317 g/mol. The Balaban J connectivity index is 1.92. The number of rotatable bonds is 2. The van der Waals surface area contributed by atoms with Crippen molar-refractivity contribution in [2.45, 2.75) is 44.1 Å². The number of nitrogens with zero attached hydrogens (tertiary/aromatic N) is 4. The largest absolute Gasteiger partial charge is 0.390 e. The lowest BCUT2D eigenvalue weighted by atomic mass is 9.98. The van der Waals surface area contributed by atoms with E-state index in [0.29, 0.717) is 24.4 Å². The molecule has 0 saturated heterocycles. The first-order valence-corrected chi connectivity index (χ1v) is 7.41. The first-order chi connectivity index (χ1) is 11.1. The third-order valence-corrected chi connectivity index (χ3v) is 4.48. The van der Waals surface area contributed by atoms with Crippen LogP contribution in [0.25, 0.3) is 0 Å². The van der Waals surface area contributed by atoms with Gasteiger partial charge in [0.2, 0.25) is 0 Å². The number of imidazole rings is 1. The summed E-state index contributed by atoms with van der Waals surface area (Å²) in [4.78, 5) is 8.36. The van der Waals surface area contributed by atoms with Crippen molar-refractivity contribution in [2.75, 3.05) is 0 Å². The van der Waals surface area contributed by atoms with Gasteiger partial charge < -0.3 is 25.7 Å². The quantitative estimate of drug-likeness (QED) is 0.309. The molecule has 8 heteroatoms. The zero-order chi connectivity index (χ0) is 16.6. The predicted molar refractivity (Wildman–Crippen MR) is 83.8 cm³/mol. The molecule has 0 unspecified atom stereocenters. The van der Waals surface area contributed by atoms with Crippen molar-refractivity contribution in [3.8, 4) is 11.8 Å². The van der Waals surface area contributed by atoms with Crippen LogP contribution >= 0.6 is 0 Å². The van der Waals surface area contributed by atoms with Crippen LogP contribution in [0, 0.1) is 17.8 Å². The van der Waals surface area contributed by atoms with E-state index >= 15 is 0 Å². The predicted octanol–water partition coefficient (Wildman–Crippen LogP) is -1.20. The Hall–Kier alpha value is -2.21. The van der Waals surface area contributed by atoms with Gasteiger partial charge in [-0.25, -0.2) is 9.98 Å². The molecule has 8 nitrogen and oxygen atoms in total. The molecule has 0 amide bonds. The molecule has 1 fully saturated rings.